The lowest BCUT2D eigenvalue weighted by atomic mass is 10.8. The maximum Gasteiger partial charge on any atom is 0.435 e. The van der Waals surface area contributed by atoms with E-state index in [0.29, 0.717) is 6.61 Å². The first-order valence-electron chi connectivity index (χ1n) is 2.25. The van der Waals surface area contributed by atoms with Crippen LogP contribution in [0.3, 0.4) is 0 Å². The van der Waals surface area contributed by atoms with E-state index in [0.717, 1.165) is 0 Å². The summed E-state index contributed by atoms with van der Waals surface area (Å²) in [4.78, 5) is 17.9. The summed E-state index contributed by atoms with van der Waals surface area (Å²) in [6.07, 6.45) is 0. The van der Waals surface area contributed by atoms with Gasteiger partial charge in [-0.25, -0.2) is 4.79 Å². The van der Waals surface area contributed by atoms with Crippen LogP contribution in [-0.2, 0) is 14.5 Å². The first-order valence-corrected chi connectivity index (χ1v) is 2.63. The number of rotatable bonds is 4. The minimum atomic E-state index is -0.980. The Bertz CT molecular complexity index is 84.6. The highest BCUT2D eigenvalue weighted by Crippen LogP contribution is 1.87. The molecule has 0 amide bonds. The number of hydrogen-bond donors (Lipinski definition) is 0. The molecule has 0 saturated carbocycles. The van der Waals surface area contributed by atoms with Gasteiger partial charge in [-0.05, 0) is 0 Å². The zero-order valence-electron chi connectivity index (χ0n) is 4.93. The van der Waals surface area contributed by atoms with Crippen molar-refractivity contribution >= 4 is 17.0 Å². The van der Waals surface area contributed by atoms with Crippen LogP contribution in [0.4, 0.5) is 4.79 Å². The first kappa shape index (κ1) is 8.68. The molecule has 0 aliphatic rings. The molecule has 0 spiro atoms. The van der Waals surface area contributed by atoms with Crippen molar-refractivity contribution < 1.29 is 19.3 Å². The summed E-state index contributed by atoms with van der Waals surface area (Å²) in [6.45, 7) is 0.555. The molecule has 0 unspecified atom stereocenters. The summed E-state index contributed by atoms with van der Waals surface area (Å²) >= 11 is 4.73. The van der Waals surface area contributed by atoms with Gasteiger partial charge in [0.1, 0.15) is 6.61 Å². The van der Waals surface area contributed by atoms with Crippen LogP contribution in [0.1, 0.15) is 0 Å². The lowest BCUT2D eigenvalue weighted by molar-refractivity contribution is -0.236. The minimum absolute atomic E-state index is 0.189. The molecule has 0 rings (SSSR count). The van der Waals surface area contributed by atoms with Crippen LogP contribution in [0.5, 0.6) is 0 Å². The quantitative estimate of drug-likeness (QED) is 0.262. The van der Waals surface area contributed by atoms with E-state index in [1.165, 1.54) is 7.11 Å². The van der Waals surface area contributed by atoms with Crippen LogP contribution in [0, 0.1) is 0 Å². The number of carbonyl (C=O) groups excluding carboxylic acids is 1. The van der Waals surface area contributed by atoms with Crippen molar-refractivity contribution in [3.8, 4) is 0 Å². The number of hydrogen-bond acceptors (Lipinski definition) is 4. The monoisotopic (exact) mass is 154 g/mol. The molecule has 0 saturated heterocycles. The van der Waals surface area contributed by atoms with E-state index in [2.05, 4.69) is 14.5 Å². The van der Waals surface area contributed by atoms with Gasteiger partial charge in [-0.15, -0.1) is 0 Å². The molecular formula is C4H7ClO4. The second kappa shape index (κ2) is 5.81. The largest absolute Gasteiger partial charge is 0.435 e. The number of halogens is 1. The Morgan fingerprint density at radius 3 is 2.67 bits per heavy atom. The van der Waals surface area contributed by atoms with E-state index in [9.17, 15) is 4.79 Å². The minimum Gasteiger partial charge on any atom is -0.382 e. The molecule has 0 aliphatic heterocycles. The molecule has 9 heavy (non-hydrogen) atoms. The smallest absolute Gasteiger partial charge is 0.382 e. The lowest BCUT2D eigenvalue weighted by Gasteiger charge is -1.96. The molecule has 54 valence electrons. The Balaban J connectivity index is 2.83. The summed E-state index contributed by atoms with van der Waals surface area (Å²) in [7, 11) is 1.51. The van der Waals surface area contributed by atoms with Gasteiger partial charge in [-0.1, -0.05) is 0 Å². The zero-order chi connectivity index (χ0) is 7.11. The molecule has 0 heterocycles. The molecule has 0 aromatic rings. The third-order valence-electron chi connectivity index (χ3n) is 0.495. The molecule has 0 radical (unpaired) electrons. The van der Waals surface area contributed by atoms with Gasteiger partial charge in [-0.3, -0.25) is 4.89 Å². The fraction of sp³-hybridized carbons (Fsp3) is 0.750. The highest BCUT2D eigenvalue weighted by Gasteiger charge is 1.94. The average Bonchev–Trinajstić information content (AvgIpc) is 1.80. The third-order valence-corrected chi connectivity index (χ3v) is 0.558. The Kier molecular flexibility index (Phi) is 5.60. The van der Waals surface area contributed by atoms with Gasteiger partial charge < -0.3 is 4.74 Å². The van der Waals surface area contributed by atoms with Gasteiger partial charge in [0.25, 0.3) is 0 Å². The van der Waals surface area contributed by atoms with Crippen molar-refractivity contribution in [1.29, 1.82) is 0 Å². The zero-order valence-corrected chi connectivity index (χ0v) is 5.68. The Hall–Kier alpha value is -0.320. The molecule has 0 N–H and O–H groups in total. The van der Waals surface area contributed by atoms with Crippen LogP contribution in [0.15, 0.2) is 0 Å². The van der Waals surface area contributed by atoms with Gasteiger partial charge in [-0.2, -0.15) is 4.89 Å². The van der Waals surface area contributed by atoms with E-state index in [4.69, 9.17) is 11.6 Å². The van der Waals surface area contributed by atoms with Gasteiger partial charge >= 0.3 is 5.43 Å². The number of carbonyl (C=O) groups is 1. The van der Waals surface area contributed by atoms with Crippen molar-refractivity contribution in [2.75, 3.05) is 20.3 Å². The summed E-state index contributed by atoms with van der Waals surface area (Å²) < 4.78 is 4.56. The second-order valence-electron chi connectivity index (χ2n) is 1.14. The molecular weight excluding hydrogens is 147 g/mol. The fourth-order valence-electron chi connectivity index (χ4n) is 0.205. The molecule has 4 nitrogen and oxygen atoms in total. The van der Waals surface area contributed by atoms with Crippen molar-refractivity contribution in [1.82, 2.24) is 0 Å². The molecule has 5 heteroatoms. The highest BCUT2D eigenvalue weighted by atomic mass is 35.5. The fourth-order valence-corrected chi connectivity index (χ4v) is 0.250. The van der Waals surface area contributed by atoms with Crippen LogP contribution in [-0.4, -0.2) is 25.8 Å². The lowest BCUT2D eigenvalue weighted by Crippen LogP contribution is -2.03. The highest BCUT2D eigenvalue weighted by molar-refractivity contribution is 6.61. The second-order valence-corrected chi connectivity index (χ2v) is 1.44. The molecule has 0 bridgehead atoms. The number of methoxy groups -OCH3 is 1. The summed E-state index contributed by atoms with van der Waals surface area (Å²) in [6, 6.07) is 0. The predicted octanol–water partition coefficient (Wildman–Crippen LogP) is 0.940. The summed E-state index contributed by atoms with van der Waals surface area (Å²) in [5.74, 6) is 0. The van der Waals surface area contributed by atoms with Gasteiger partial charge in [0.15, 0.2) is 0 Å². The topological polar surface area (TPSA) is 44.8 Å². The van der Waals surface area contributed by atoms with Gasteiger partial charge in [0.05, 0.1) is 6.61 Å². The molecule has 0 fully saturated rings. The third kappa shape index (κ3) is 7.68. The summed E-state index contributed by atoms with van der Waals surface area (Å²) in [5, 5.41) is 0. The SMILES string of the molecule is COCCOOC(=O)Cl. The maximum absolute atomic E-state index is 9.78. The molecule has 0 aromatic carbocycles. The molecule has 0 aromatic heterocycles. The predicted molar refractivity (Wildman–Crippen MR) is 30.2 cm³/mol. The Labute approximate surface area is 57.6 Å². The van der Waals surface area contributed by atoms with Gasteiger partial charge in [0.2, 0.25) is 0 Å². The standard InChI is InChI=1S/C4H7ClO4/c1-7-2-3-8-9-4(5)6/h2-3H2,1H3. The Morgan fingerprint density at radius 1 is 1.56 bits per heavy atom. The van der Waals surface area contributed by atoms with Crippen molar-refractivity contribution in [2.24, 2.45) is 0 Å². The number of ether oxygens (including phenoxy) is 1. The van der Waals surface area contributed by atoms with E-state index in [1.54, 1.807) is 0 Å². The van der Waals surface area contributed by atoms with Gasteiger partial charge in [0, 0.05) is 18.7 Å². The molecule has 0 atom stereocenters. The van der Waals surface area contributed by atoms with Crippen molar-refractivity contribution in [3.05, 3.63) is 0 Å². The van der Waals surface area contributed by atoms with Crippen LogP contribution < -0.4 is 0 Å². The van der Waals surface area contributed by atoms with Crippen LogP contribution in [0.2, 0.25) is 0 Å². The molecule has 0 aliphatic carbocycles. The van der Waals surface area contributed by atoms with Crippen molar-refractivity contribution in [3.63, 3.8) is 0 Å². The normalized spacial score (nSPS) is 9.11. The van der Waals surface area contributed by atoms with Crippen molar-refractivity contribution in [2.45, 2.75) is 0 Å². The van der Waals surface area contributed by atoms with Crippen LogP contribution in [0.25, 0.3) is 0 Å². The summed E-state index contributed by atoms with van der Waals surface area (Å²) in [5.41, 5.74) is -0.980. The average molecular weight is 155 g/mol. The van der Waals surface area contributed by atoms with E-state index in [1.807, 2.05) is 0 Å². The van der Waals surface area contributed by atoms with E-state index < -0.39 is 5.43 Å². The maximum atomic E-state index is 9.78. The van der Waals surface area contributed by atoms with Crippen LogP contribution >= 0.6 is 11.6 Å². The van der Waals surface area contributed by atoms with E-state index in [-0.39, 0.29) is 6.61 Å². The first-order chi connectivity index (χ1) is 4.27. The van der Waals surface area contributed by atoms with E-state index >= 15 is 0 Å². The Morgan fingerprint density at radius 2 is 2.22 bits per heavy atom.